The molecule has 11 heteroatoms. The van der Waals surface area contributed by atoms with Gasteiger partial charge in [0.05, 0.1) is 12.6 Å². The van der Waals surface area contributed by atoms with E-state index >= 15 is 0 Å². The summed E-state index contributed by atoms with van der Waals surface area (Å²) in [7, 11) is 0. The second-order valence-corrected chi connectivity index (χ2v) is 8.69. The molecule has 2 amide bonds. The fourth-order valence-corrected chi connectivity index (χ4v) is 4.38. The van der Waals surface area contributed by atoms with Gasteiger partial charge in [-0.3, -0.25) is 4.79 Å². The Morgan fingerprint density at radius 1 is 1.21 bits per heavy atom. The van der Waals surface area contributed by atoms with Gasteiger partial charge in [-0.15, -0.1) is 0 Å². The molecule has 0 bridgehead atoms. The van der Waals surface area contributed by atoms with E-state index in [0.717, 1.165) is 15.8 Å². The van der Waals surface area contributed by atoms with Gasteiger partial charge in [-0.2, -0.15) is 18.3 Å². The molecule has 2 aliphatic rings. The first-order valence-electron chi connectivity index (χ1n) is 11.4. The van der Waals surface area contributed by atoms with E-state index in [1.54, 1.807) is 11.8 Å². The molecule has 0 unspecified atom stereocenters. The number of hydrogen-bond donors (Lipinski definition) is 2. The number of nitrogens with zero attached hydrogens (tertiary/aromatic N) is 3. The van der Waals surface area contributed by atoms with Crippen molar-refractivity contribution in [3.63, 3.8) is 0 Å². The standard InChI is InChI=1S/C23H28F3N5O3/c1-3-34-22(33)30-10-8-16(9-11-30)27-21(32)18-13-20-28-17(15-6-4-14(2)5-7-15)12-19(23(24,25)26)31(20)29-18/h4-7,13,16-17,19,28H,3,8-12H2,1-2H3,(H,27,32)/t17-,19+/m1/s1. The Hall–Kier alpha value is -3.24. The maximum Gasteiger partial charge on any atom is 0.410 e. The Labute approximate surface area is 195 Å². The van der Waals surface area contributed by atoms with Gasteiger partial charge in [-0.05, 0) is 32.3 Å². The highest BCUT2D eigenvalue weighted by Gasteiger charge is 2.46. The monoisotopic (exact) mass is 479 g/mol. The van der Waals surface area contributed by atoms with Crippen molar-refractivity contribution in [2.75, 3.05) is 25.0 Å². The van der Waals surface area contributed by atoms with Gasteiger partial charge in [-0.25, -0.2) is 9.48 Å². The Morgan fingerprint density at radius 3 is 2.50 bits per heavy atom. The lowest BCUT2D eigenvalue weighted by atomic mass is 9.96. The fourth-order valence-electron chi connectivity index (χ4n) is 4.38. The zero-order valence-electron chi connectivity index (χ0n) is 19.1. The summed E-state index contributed by atoms with van der Waals surface area (Å²) in [6.45, 7) is 4.80. The predicted molar refractivity (Wildman–Crippen MR) is 119 cm³/mol. The van der Waals surface area contributed by atoms with Gasteiger partial charge in [0.15, 0.2) is 11.7 Å². The van der Waals surface area contributed by atoms with Crippen LogP contribution < -0.4 is 10.6 Å². The summed E-state index contributed by atoms with van der Waals surface area (Å²) in [5.41, 5.74) is 1.69. The van der Waals surface area contributed by atoms with Crippen molar-refractivity contribution in [3.8, 4) is 0 Å². The van der Waals surface area contributed by atoms with Crippen LogP contribution in [0, 0.1) is 6.92 Å². The van der Waals surface area contributed by atoms with E-state index in [2.05, 4.69) is 15.7 Å². The van der Waals surface area contributed by atoms with Gasteiger partial charge in [-0.1, -0.05) is 29.8 Å². The molecule has 0 radical (unpaired) electrons. The third-order valence-electron chi connectivity index (χ3n) is 6.26. The van der Waals surface area contributed by atoms with Crippen LogP contribution >= 0.6 is 0 Å². The smallest absolute Gasteiger partial charge is 0.410 e. The highest BCUT2D eigenvalue weighted by Crippen LogP contribution is 2.43. The minimum atomic E-state index is -4.51. The van der Waals surface area contributed by atoms with Gasteiger partial charge >= 0.3 is 12.3 Å². The molecule has 1 fully saturated rings. The van der Waals surface area contributed by atoms with Crippen molar-refractivity contribution in [2.45, 2.75) is 57.4 Å². The van der Waals surface area contributed by atoms with E-state index in [0.29, 0.717) is 25.9 Å². The number of piperidine rings is 1. The van der Waals surface area contributed by atoms with E-state index in [4.69, 9.17) is 4.74 Å². The molecule has 1 aromatic heterocycles. The largest absolute Gasteiger partial charge is 0.450 e. The van der Waals surface area contributed by atoms with Crippen molar-refractivity contribution in [3.05, 3.63) is 47.2 Å². The third-order valence-corrected chi connectivity index (χ3v) is 6.26. The average Bonchev–Trinajstić information content (AvgIpc) is 3.23. The Kier molecular flexibility index (Phi) is 6.72. The number of alkyl halides is 3. The molecule has 184 valence electrons. The molecule has 2 atom stereocenters. The number of ether oxygens (including phenoxy) is 1. The summed E-state index contributed by atoms with van der Waals surface area (Å²) < 4.78 is 47.5. The lowest BCUT2D eigenvalue weighted by Gasteiger charge is -2.33. The number of carbonyl (C=O) groups is 2. The van der Waals surface area contributed by atoms with Crippen LogP contribution in [0.25, 0.3) is 0 Å². The molecule has 4 rings (SSSR count). The molecule has 1 aromatic carbocycles. The highest BCUT2D eigenvalue weighted by atomic mass is 19.4. The van der Waals surface area contributed by atoms with Crippen LogP contribution in [0.3, 0.4) is 0 Å². The fraction of sp³-hybridized carbons (Fsp3) is 0.522. The number of fused-ring (bicyclic) bond motifs is 1. The Balaban J connectivity index is 1.47. The number of aryl methyl sites for hydroxylation is 1. The van der Waals surface area contributed by atoms with E-state index < -0.39 is 24.2 Å². The average molecular weight is 480 g/mol. The number of likely N-dealkylation sites (tertiary alicyclic amines) is 1. The van der Waals surface area contributed by atoms with Crippen LogP contribution in [-0.4, -0.2) is 58.6 Å². The molecule has 2 aromatic rings. The lowest BCUT2D eigenvalue weighted by Crippen LogP contribution is -2.46. The SMILES string of the molecule is CCOC(=O)N1CCC(NC(=O)c2cc3n(n2)[C@H](C(F)(F)F)C[C@H](c2ccc(C)cc2)N3)CC1. The molecule has 0 aliphatic carbocycles. The number of hydrogen-bond acceptors (Lipinski definition) is 5. The molecular weight excluding hydrogens is 451 g/mol. The molecule has 2 N–H and O–H groups in total. The van der Waals surface area contributed by atoms with Crippen molar-refractivity contribution in [1.29, 1.82) is 0 Å². The molecule has 8 nitrogen and oxygen atoms in total. The second kappa shape index (κ2) is 9.55. The summed E-state index contributed by atoms with van der Waals surface area (Å²) >= 11 is 0. The number of rotatable bonds is 4. The normalized spacial score (nSPS) is 20.9. The number of aromatic nitrogens is 2. The highest BCUT2D eigenvalue weighted by molar-refractivity contribution is 5.93. The summed E-state index contributed by atoms with van der Waals surface area (Å²) in [5, 5.41) is 9.95. The first-order chi connectivity index (χ1) is 16.2. The first kappa shape index (κ1) is 23.9. The van der Waals surface area contributed by atoms with Crippen LogP contribution in [0.5, 0.6) is 0 Å². The van der Waals surface area contributed by atoms with Gasteiger partial charge in [0.25, 0.3) is 5.91 Å². The summed E-state index contributed by atoms with van der Waals surface area (Å²) in [6.07, 6.45) is -4.08. The Morgan fingerprint density at radius 2 is 1.88 bits per heavy atom. The molecule has 0 spiro atoms. The van der Waals surface area contributed by atoms with Crippen LogP contribution in [0.15, 0.2) is 30.3 Å². The van der Waals surface area contributed by atoms with Gasteiger partial charge in [0.2, 0.25) is 0 Å². The van der Waals surface area contributed by atoms with Gasteiger partial charge in [0, 0.05) is 31.6 Å². The zero-order valence-corrected chi connectivity index (χ0v) is 19.1. The van der Waals surface area contributed by atoms with E-state index in [-0.39, 0.29) is 36.7 Å². The van der Waals surface area contributed by atoms with Crippen molar-refractivity contribution in [1.82, 2.24) is 20.0 Å². The van der Waals surface area contributed by atoms with E-state index in [1.165, 1.54) is 6.07 Å². The minimum Gasteiger partial charge on any atom is -0.450 e. The number of halogens is 3. The number of carbonyl (C=O) groups excluding carboxylic acids is 2. The maximum atomic E-state index is 13.9. The lowest BCUT2D eigenvalue weighted by molar-refractivity contribution is -0.173. The van der Waals surface area contributed by atoms with Crippen molar-refractivity contribution in [2.24, 2.45) is 0 Å². The number of anilines is 1. The Bertz CT molecular complexity index is 1030. The van der Waals surface area contributed by atoms with Crippen LogP contribution in [0.4, 0.5) is 23.8 Å². The quantitative estimate of drug-likeness (QED) is 0.686. The van der Waals surface area contributed by atoms with Gasteiger partial charge in [0.1, 0.15) is 5.82 Å². The third kappa shape index (κ3) is 5.13. The topological polar surface area (TPSA) is 88.5 Å². The number of benzene rings is 1. The molecular formula is C23H28F3N5O3. The number of nitrogens with one attached hydrogen (secondary N) is 2. The molecule has 1 saturated heterocycles. The zero-order chi connectivity index (χ0) is 24.5. The second-order valence-electron chi connectivity index (χ2n) is 8.69. The minimum absolute atomic E-state index is 0.0749. The predicted octanol–water partition coefficient (Wildman–Crippen LogP) is 4.20. The summed E-state index contributed by atoms with van der Waals surface area (Å²) in [4.78, 5) is 26.2. The van der Waals surface area contributed by atoms with Crippen LogP contribution in [-0.2, 0) is 4.74 Å². The summed E-state index contributed by atoms with van der Waals surface area (Å²) in [5.74, 6) is -0.382. The molecule has 34 heavy (non-hydrogen) atoms. The summed E-state index contributed by atoms with van der Waals surface area (Å²) in [6, 6.07) is 6.09. The number of amides is 2. The molecule has 2 aliphatic heterocycles. The van der Waals surface area contributed by atoms with Crippen LogP contribution in [0.2, 0.25) is 0 Å². The van der Waals surface area contributed by atoms with Crippen molar-refractivity contribution >= 4 is 17.8 Å². The molecule has 3 heterocycles. The van der Waals surface area contributed by atoms with Gasteiger partial charge < -0.3 is 20.3 Å². The van der Waals surface area contributed by atoms with Crippen molar-refractivity contribution < 1.29 is 27.5 Å². The first-order valence-corrected chi connectivity index (χ1v) is 11.4. The van der Waals surface area contributed by atoms with E-state index in [9.17, 15) is 22.8 Å². The molecule has 0 saturated carbocycles. The maximum absolute atomic E-state index is 13.9. The van der Waals surface area contributed by atoms with Crippen LogP contribution in [0.1, 0.15) is 59.9 Å². The van der Waals surface area contributed by atoms with E-state index in [1.807, 2.05) is 31.2 Å².